The van der Waals surface area contributed by atoms with Crippen LogP contribution in [0.3, 0.4) is 0 Å². The zero-order chi connectivity index (χ0) is 67.6. The third-order valence-electron chi connectivity index (χ3n) is 13.4. The molecule has 0 aliphatic heterocycles. The van der Waals surface area contributed by atoms with Crippen LogP contribution in [0.2, 0.25) is 0 Å². The number of benzene rings is 3. The molecule has 3 aromatic rings. The van der Waals surface area contributed by atoms with E-state index in [0.717, 1.165) is 10.8 Å². The van der Waals surface area contributed by atoms with E-state index in [2.05, 4.69) is 37.2 Å². The number of carbonyl (C=O) groups is 11. The Morgan fingerprint density at radius 2 is 1.00 bits per heavy atom. The van der Waals surface area contributed by atoms with E-state index in [1.165, 1.54) is 0 Å². The van der Waals surface area contributed by atoms with Crippen LogP contribution >= 0.6 is 0 Å². The quantitative estimate of drug-likeness (QED) is 0.0202. The fraction of sp³-hybridized carbons (Fsp3) is 0.585. The number of ketones is 1. The lowest BCUT2D eigenvalue weighted by molar-refractivity contribution is -0.158. The average molecular weight is 1250 g/mol. The fourth-order valence-corrected chi connectivity index (χ4v) is 9.19. The normalized spacial score (nSPS) is 14.5. The van der Waals surface area contributed by atoms with Gasteiger partial charge in [0.25, 0.3) is 5.91 Å². The Bertz CT molecular complexity index is 3010. The first kappa shape index (κ1) is 75.3. The van der Waals surface area contributed by atoms with E-state index in [1.807, 2.05) is 24.3 Å². The van der Waals surface area contributed by atoms with Crippen molar-refractivity contribution < 1.29 is 80.1 Å². The number of hydrogen-bond donors (Lipinski definition) is 7. The summed E-state index contributed by atoms with van der Waals surface area (Å²) in [5.41, 5.74) is -2.31. The third-order valence-corrected chi connectivity index (χ3v) is 13.4. The summed E-state index contributed by atoms with van der Waals surface area (Å²) >= 11 is 0. The molecule has 0 aromatic heterocycles. The first-order valence-corrected chi connectivity index (χ1v) is 29.9. The summed E-state index contributed by atoms with van der Waals surface area (Å²) in [5, 5.41) is 19.1. The molecule has 24 heteroatoms. The van der Waals surface area contributed by atoms with Crippen LogP contribution in [-0.2, 0) is 73.4 Å². The van der Waals surface area contributed by atoms with Crippen LogP contribution in [0, 0.1) is 18.3 Å². The zero-order valence-electron chi connectivity index (χ0n) is 54.2. The number of nitrogens with one attached hydrogen (secondary N) is 7. The topological polar surface area (TPSA) is 300 Å². The van der Waals surface area contributed by atoms with Gasteiger partial charge < -0.3 is 51.4 Å². The van der Waals surface area contributed by atoms with Crippen molar-refractivity contribution in [2.75, 3.05) is 0 Å². The number of alkyl halides is 3. The Morgan fingerprint density at radius 3 is 1.55 bits per heavy atom. The molecule has 0 aliphatic rings. The van der Waals surface area contributed by atoms with E-state index in [9.17, 15) is 65.9 Å². The number of rotatable bonds is 29. The highest BCUT2D eigenvalue weighted by atomic mass is 19.4. The molecule has 21 nitrogen and oxygen atoms in total. The highest BCUT2D eigenvalue weighted by molar-refractivity contribution is 6.38. The Kier molecular flexibility index (Phi) is 27.5. The van der Waals surface area contributed by atoms with E-state index in [0.29, 0.717) is 16.7 Å². The highest BCUT2D eigenvalue weighted by Gasteiger charge is 2.42. The molecule has 7 atom stereocenters. The summed E-state index contributed by atoms with van der Waals surface area (Å²) in [6.07, 6.45) is -9.75. The SMILES string of the molecule is CC[C@@H](NC(=O)C(=O)C(CC(F)(F)F)NC(=O)[C@H](CC(C)C)NC(=O)[C@@H](NC(=O)[C@H](Cc1ccccc1C)NC(=O)[C@H](CCC(=O)OC(C)(C)C)NC(=O)[C@H](CC(=O)OC(C)(C)C)NC(=O)CCC(=O)OC(C)(C)C)C(C)(C)C)c1ccc2ccccc2c1. The number of amides is 7. The van der Waals surface area contributed by atoms with Crippen LogP contribution < -0.4 is 37.2 Å². The van der Waals surface area contributed by atoms with Gasteiger partial charge in [0.15, 0.2) is 0 Å². The van der Waals surface area contributed by atoms with Crippen molar-refractivity contribution in [2.45, 2.75) is 234 Å². The number of hydrogen-bond acceptors (Lipinski definition) is 14. The summed E-state index contributed by atoms with van der Waals surface area (Å²) in [4.78, 5) is 152. The summed E-state index contributed by atoms with van der Waals surface area (Å²) in [7, 11) is 0. The molecule has 3 rings (SSSR count). The van der Waals surface area contributed by atoms with Gasteiger partial charge in [0.2, 0.25) is 41.2 Å². The van der Waals surface area contributed by atoms with Gasteiger partial charge in [-0.15, -0.1) is 0 Å². The molecule has 0 heterocycles. The molecule has 89 heavy (non-hydrogen) atoms. The van der Waals surface area contributed by atoms with Gasteiger partial charge in [-0.1, -0.05) is 102 Å². The Labute approximate surface area is 520 Å². The van der Waals surface area contributed by atoms with Crippen molar-refractivity contribution in [1.82, 2.24) is 37.2 Å². The molecule has 0 fully saturated rings. The lowest BCUT2D eigenvalue weighted by atomic mass is 9.85. The Hall–Kier alpha value is -7.92. The molecule has 0 bridgehead atoms. The maximum absolute atomic E-state index is 14.9. The first-order chi connectivity index (χ1) is 40.9. The first-order valence-electron chi connectivity index (χ1n) is 29.9. The second kappa shape index (κ2) is 32.5. The minimum atomic E-state index is -5.06. The van der Waals surface area contributed by atoms with Crippen LogP contribution in [0.4, 0.5) is 13.2 Å². The van der Waals surface area contributed by atoms with Gasteiger partial charge in [-0.2, -0.15) is 13.2 Å². The second-order valence-electron chi connectivity index (χ2n) is 26.7. The van der Waals surface area contributed by atoms with Gasteiger partial charge in [0, 0.05) is 19.3 Å². The molecule has 7 N–H and O–H groups in total. The Balaban J connectivity index is 2.03. The van der Waals surface area contributed by atoms with Crippen LogP contribution in [0.15, 0.2) is 66.7 Å². The highest BCUT2D eigenvalue weighted by Crippen LogP contribution is 2.26. The number of carbonyl (C=O) groups excluding carboxylic acids is 11. The second-order valence-corrected chi connectivity index (χ2v) is 26.7. The van der Waals surface area contributed by atoms with Crippen LogP contribution in [0.5, 0.6) is 0 Å². The van der Waals surface area contributed by atoms with Gasteiger partial charge in [0.05, 0.1) is 25.3 Å². The van der Waals surface area contributed by atoms with E-state index < -0.39 is 180 Å². The molecule has 0 radical (unpaired) electrons. The molecule has 0 saturated carbocycles. The lowest BCUT2D eigenvalue weighted by Gasteiger charge is -2.34. The molecular formula is C65H92F3N7O14. The molecule has 7 amide bonds. The van der Waals surface area contributed by atoms with E-state index in [-0.39, 0.29) is 19.3 Å². The minimum absolute atomic E-state index is 0.196. The van der Waals surface area contributed by atoms with Gasteiger partial charge in [-0.25, -0.2) is 0 Å². The summed E-state index contributed by atoms with van der Waals surface area (Å²) in [6, 6.07) is 8.05. The van der Waals surface area contributed by atoms with E-state index in [4.69, 9.17) is 14.2 Å². The predicted molar refractivity (Wildman–Crippen MR) is 327 cm³/mol. The van der Waals surface area contributed by atoms with Crippen LogP contribution in [-0.4, -0.2) is 124 Å². The van der Waals surface area contributed by atoms with Gasteiger partial charge in [-0.3, -0.25) is 52.7 Å². The molecule has 0 spiro atoms. The molecule has 3 aromatic carbocycles. The predicted octanol–water partition coefficient (Wildman–Crippen LogP) is 7.46. The number of ether oxygens (including phenoxy) is 3. The summed E-state index contributed by atoms with van der Waals surface area (Å²) in [6.45, 7) is 25.9. The van der Waals surface area contributed by atoms with Gasteiger partial charge >= 0.3 is 24.1 Å². The van der Waals surface area contributed by atoms with E-state index in [1.54, 1.807) is 153 Å². The monoisotopic (exact) mass is 1250 g/mol. The summed E-state index contributed by atoms with van der Waals surface area (Å²) in [5.74, 6) is -12.0. The molecular weight excluding hydrogens is 1160 g/mol. The summed E-state index contributed by atoms with van der Waals surface area (Å²) < 4.78 is 58.9. The van der Waals surface area contributed by atoms with Crippen LogP contribution in [0.1, 0.15) is 178 Å². The minimum Gasteiger partial charge on any atom is -0.460 e. The van der Waals surface area contributed by atoms with Crippen molar-refractivity contribution in [3.05, 3.63) is 83.4 Å². The maximum Gasteiger partial charge on any atom is 0.391 e. The number of fused-ring (bicyclic) bond motifs is 1. The van der Waals surface area contributed by atoms with Crippen molar-refractivity contribution >= 4 is 75.8 Å². The number of aryl methyl sites for hydroxylation is 1. The number of esters is 3. The average Bonchev–Trinajstić information content (AvgIpc) is 1.23. The Morgan fingerprint density at radius 1 is 0.506 bits per heavy atom. The zero-order valence-corrected chi connectivity index (χ0v) is 54.2. The number of Topliss-reactive ketones (excluding diaryl/α,β-unsaturated/α-hetero) is 1. The van der Waals surface area contributed by atoms with Crippen molar-refractivity contribution in [2.24, 2.45) is 11.3 Å². The van der Waals surface area contributed by atoms with E-state index >= 15 is 0 Å². The van der Waals surface area contributed by atoms with Crippen molar-refractivity contribution in [3.63, 3.8) is 0 Å². The van der Waals surface area contributed by atoms with Crippen LogP contribution in [0.25, 0.3) is 10.8 Å². The fourth-order valence-electron chi connectivity index (χ4n) is 9.19. The number of halogens is 3. The molecule has 0 saturated heterocycles. The standard InChI is InChI=1S/C65H92F3N7O14/c1-17-43(42-27-26-39-23-20-21-25-41(39)33-42)70-59(85)53(80)48(36-65(66,67)68)74-56(82)45(32-37(2)3)73-60(86)54(61(5,6)7)75-58(84)46(34-40-24-19-18-22-38(40)4)72-55(81)44(28-30-50(77)87-62(8,9)10)71-57(83)47(35-52(79)89-64(14,15)16)69-49(76)29-31-51(78)88-63(11,12)13/h18-27,33,37,43-48,54H,17,28-32,34-36H2,1-16H3,(H,69,76)(H,70,85)(H,71,83)(H,72,81)(H,73,86)(H,74,82)(H,75,84)/t43-,44+,45+,46+,47+,48?,54-/m1/s1. The molecule has 0 aliphatic carbocycles. The largest absolute Gasteiger partial charge is 0.460 e. The molecule has 1 unspecified atom stereocenters. The third kappa shape index (κ3) is 27.6. The van der Waals surface area contributed by atoms with Gasteiger partial charge in [0.1, 0.15) is 53.1 Å². The lowest BCUT2D eigenvalue weighted by Crippen LogP contribution is -2.62. The molecule has 492 valence electrons. The van der Waals surface area contributed by atoms with Crippen molar-refractivity contribution in [3.8, 4) is 0 Å². The maximum atomic E-state index is 14.9. The van der Waals surface area contributed by atoms with Crippen molar-refractivity contribution in [1.29, 1.82) is 0 Å². The van der Waals surface area contributed by atoms with Gasteiger partial charge in [-0.05, 0) is 133 Å². The smallest absolute Gasteiger partial charge is 0.391 e.